The number of carboxylic acids is 1. The molecule has 1 aromatic carbocycles. The number of halogens is 1. The minimum atomic E-state index is -0.984. The van der Waals surface area contributed by atoms with Gasteiger partial charge in [0, 0.05) is 23.4 Å². The van der Waals surface area contributed by atoms with Gasteiger partial charge in [0.1, 0.15) is 10.8 Å². The second-order valence-corrected chi connectivity index (χ2v) is 4.72. The van der Waals surface area contributed by atoms with Crippen LogP contribution in [0.1, 0.15) is 10.4 Å². The fraction of sp³-hybridized carbons (Fsp3) is 0. The van der Waals surface area contributed by atoms with Crippen LogP contribution in [0.3, 0.4) is 0 Å². The van der Waals surface area contributed by atoms with Gasteiger partial charge in [-0.2, -0.15) is 0 Å². The van der Waals surface area contributed by atoms with E-state index in [4.69, 9.17) is 21.2 Å². The van der Waals surface area contributed by atoms with Crippen LogP contribution in [-0.4, -0.2) is 21.2 Å². The molecule has 0 unspecified atom stereocenters. The summed E-state index contributed by atoms with van der Waals surface area (Å²) in [5.74, 6) is -0.447. The largest absolute Gasteiger partial charge is 0.478 e. The molecule has 0 aliphatic rings. The normalized spacial score (nSPS) is 10.5. The molecule has 0 bridgehead atoms. The van der Waals surface area contributed by atoms with E-state index in [1.807, 2.05) is 0 Å². The van der Waals surface area contributed by atoms with E-state index in [2.05, 4.69) is 10.1 Å². The van der Waals surface area contributed by atoms with E-state index in [1.165, 1.54) is 6.07 Å². The van der Waals surface area contributed by atoms with Crippen molar-refractivity contribution in [1.82, 2.24) is 10.1 Å². The molecule has 0 saturated heterocycles. The Morgan fingerprint density at radius 3 is 2.71 bits per heavy atom. The summed E-state index contributed by atoms with van der Waals surface area (Å²) in [5.41, 5.74) is 2.17. The number of hydrogen-bond acceptors (Lipinski definition) is 4. The van der Waals surface area contributed by atoms with Gasteiger partial charge < -0.3 is 9.63 Å². The molecule has 1 N–H and O–H groups in total. The van der Waals surface area contributed by atoms with E-state index in [0.29, 0.717) is 22.2 Å². The molecule has 0 atom stereocenters. The third kappa shape index (κ3) is 2.78. The monoisotopic (exact) mass is 300 g/mol. The van der Waals surface area contributed by atoms with Crippen LogP contribution in [0.4, 0.5) is 0 Å². The molecule has 0 amide bonds. The van der Waals surface area contributed by atoms with E-state index in [1.54, 1.807) is 42.6 Å². The quantitative estimate of drug-likeness (QED) is 0.745. The summed E-state index contributed by atoms with van der Waals surface area (Å²) in [4.78, 5) is 15.0. The van der Waals surface area contributed by atoms with Gasteiger partial charge in [0.25, 0.3) is 0 Å². The Balaban J connectivity index is 1.96. The van der Waals surface area contributed by atoms with Crippen molar-refractivity contribution in [3.05, 3.63) is 59.4 Å². The third-order valence-corrected chi connectivity index (χ3v) is 3.15. The van der Waals surface area contributed by atoms with Crippen molar-refractivity contribution in [3.8, 4) is 22.6 Å². The Labute approximate surface area is 124 Å². The maximum absolute atomic E-state index is 11.0. The molecule has 3 aromatic rings. The second kappa shape index (κ2) is 5.38. The van der Waals surface area contributed by atoms with Crippen molar-refractivity contribution in [1.29, 1.82) is 0 Å². The van der Waals surface area contributed by atoms with Gasteiger partial charge >= 0.3 is 5.97 Å². The lowest BCUT2D eigenvalue weighted by atomic mass is 10.1. The molecular formula is C15H9ClN2O3. The summed E-state index contributed by atoms with van der Waals surface area (Å²) in [5, 5.41) is 13.4. The van der Waals surface area contributed by atoms with Gasteiger partial charge in [0.2, 0.25) is 0 Å². The van der Waals surface area contributed by atoms with Gasteiger partial charge in [-0.15, -0.1) is 0 Å². The fourth-order valence-corrected chi connectivity index (χ4v) is 1.99. The predicted octanol–water partition coefficient (Wildman–Crippen LogP) is 3.76. The maximum atomic E-state index is 11.0. The van der Waals surface area contributed by atoms with Gasteiger partial charge in [-0.3, -0.25) is 0 Å². The van der Waals surface area contributed by atoms with Crippen LogP contribution in [0.15, 0.2) is 53.2 Å². The minimum Gasteiger partial charge on any atom is -0.478 e. The molecule has 0 fully saturated rings. The highest BCUT2D eigenvalue weighted by atomic mass is 35.5. The highest BCUT2D eigenvalue weighted by Crippen LogP contribution is 2.26. The molecule has 2 aromatic heterocycles. The van der Waals surface area contributed by atoms with Gasteiger partial charge in [-0.25, -0.2) is 9.78 Å². The van der Waals surface area contributed by atoms with E-state index in [0.717, 1.165) is 5.56 Å². The van der Waals surface area contributed by atoms with E-state index in [-0.39, 0.29) is 5.56 Å². The molecule has 3 rings (SSSR count). The molecule has 0 aliphatic carbocycles. The van der Waals surface area contributed by atoms with Crippen molar-refractivity contribution in [3.63, 3.8) is 0 Å². The Morgan fingerprint density at radius 1 is 1.14 bits per heavy atom. The number of carbonyl (C=O) groups is 1. The fourth-order valence-electron chi connectivity index (χ4n) is 1.88. The van der Waals surface area contributed by atoms with Crippen molar-refractivity contribution in [2.75, 3.05) is 0 Å². The zero-order valence-corrected chi connectivity index (χ0v) is 11.4. The van der Waals surface area contributed by atoms with Crippen molar-refractivity contribution < 1.29 is 14.4 Å². The number of benzene rings is 1. The van der Waals surface area contributed by atoms with E-state index in [9.17, 15) is 4.79 Å². The number of carboxylic acid groups (broad SMARTS) is 1. The molecule has 0 aliphatic heterocycles. The van der Waals surface area contributed by atoms with Gasteiger partial charge in [-0.1, -0.05) is 28.9 Å². The first-order chi connectivity index (χ1) is 10.1. The summed E-state index contributed by atoms with van der Waals surface area (Å²) < 4.78 is 5.26. The topological polar surface area (TPSA) is 76.2 Å². The van der Waals surface area contributed by atoms with Crippen LogP contribution in [0.25, 0.3) is 22.6 Å². The van der Waals surface area contributed by atoms with Crippen LogP contribution >= 0.6 is 11.6 Å². The first kappa shape index (κ1) is 13.3. The Hall–Kier alpha value is -2.66. The molecule has 0 spiro atoms. The zero-order chi connectivity index (χ0) is 14.8. The molecule has 21 heavy (non-hydrogen) atoms. The number of hydrogen-bond donors (Lipinski definition) is 1. The number of rotatable bonds is 3. The van der Waals surface area contributed by atoms with Crippen LogP contribution in [0.5, 0.6) is 0 Å². The van der Waals surface area contributed by atoms with Crippen LogP contribution in [-0.2, 0) is 0 Å². The lowest BCUT2D eigenvalue weighted by molar-refractivity contribution is 0.0697. The highest BCUT2D eigenvalue weighted by Gasteiger charge is 2.11. The number of nitrogens with zero attached hydrogens (tertiary/aromatic N) is 2. The summed E-state index contributed by atoms with van der Waals surface area (Å²) in [6, 6.07) is 11.7. The van der Waals surface area contributed by atoms with Crippen molar-refractivity contribution in [2.24, 2.45) is 0 Å². The summed E-state index contributed by atoms with van der Waals surface area (Å²) in [6.45, 7) is 0. The van der Waals surface area contributed by atoms with E-state index >= 15 is 0 Å². The maximum Gasteiger partial charge on any atom is 0.335 e. The Kier molecular flexibility index (Phi) is 3.41. The zero-order valence-electron chi connectivity index (χ0n) is 10.7. The molecule has 6 heteroatoms. The first-order valence-corrected chi connectivity index (χ1v) is 6.43. The smallest absolute Gasteiger partial charge is 0.335 e. The van der Waals surface area contributed by atoms with Crippen LogP contribution < -0.4 is 0 Å². The molecule has 104 valence electrons. The van der Waals surface area contributed by atoms with Crippen LogP contribution in [0, 0.1) is 0 Å². The Morgan fingerprint density at radius 2 is 2.00 bits per heavy atom. The minimum absolute atomic E-state index is 0.199. The molecular weight excluding hydrogens is 292 g/mol. The summed E-state index contributed by atoms with van der Waals surface area (Å²) in [7, 11) is 0. The van der Waals surface area contributed by atoms with Crippen LogP contribution in [0.2, 0.25) is 5.15 Å². The number of aromatic carboxylic acids is 1. The second-order valence-electron chi connectivity index (χ2n) is 4.33. The summed E-state index contributed by atoms with van der Waals surface area (Å²) in [6.07, 6.45) is 1.58. The molecule has 0 radical (unpaired) electrons. The first-order valence-electron chi connectivity index (χ1n) is 6.06. The van der Waals surface area contributed by atoms with Crippen molar-refractivity contribution >= 4 is 17.6 Å². The standard InChI is InChI=1S/C15H9ClN2O3/c16-14-5-4-11(8-17-14)13-7-12(18-21-13)9-2-1-3-10(6-9)15(19)20/h1-8H,(H,19,20). The molecule has 2 heterocycles. The van der Waals surface area contributed by atoms with Gasteiger partial charge in [0.05, 0.1) is 5.56 Å². The number of pyridine rings is 1. The molecule has 0 saturated carbocycles. The third-order valence-electron chi connectivity index (χ3n) is 2.93. The predicted molar refractivity (Wildman–Crippen MR) is 77.1 cm³/mol. The average Bonchev–Trinajstić information content (AvgIpc) is 2.98. The molecule has 5 nitrogen and oxygen atoms in total. The SMILES string of the molecule is O=C(O)c1cccc(-c2cc(-c3ccc(Cl)nc3)on2)c1. The highest BCUT2D eigenvalue weighted by molar-refractivity contribution is 6.29. The number of aromatic nitrogens is 2. The van der Waals surface area contributed by atoms with Crippen molar-refractivity contribution in [2.45, 2.75) is 0 Å². The Bertz CT molecular complexity index is 797. The van der Waals surface area contributed by atoms with E-state index < -0.39 is 5.97 Å². The lowest BCUT2D eigenvalue weighted by Gasteiger charge is -1.97. The van der Waals surface area contributed by atoms with Gasteiger partial charge in [0.15, 0.2) is 5.76 Å². The summed E-state index contributed by atoms with van der Waals surface area (Å²) >= 11 is 5.73. The average molecular weight is 301 g/mol. The lowest BCUT2D eigenvalue weighted by Crippen LogP contribution is -1.95. The van der Waals surface area contributed by atoms with Gasteiger partial charge in [-0.05, 0) is 24.3 Å².